The zero-order valence-electron chi connectivity index (χ0n) is 12.4. The van der Waals surface area contributed by atoms with Crippen LogP contribution in [-0.4, -0.2) is 11.0 Å². The fourth-order valence-electron chi connectivity index (χ4n) is 1.84. The lowest BCUT2D eigenvalue weighted by atomic mass is 10.3. The first-order valence-corrected chi connectivity index (χ1v) is 9.54. The second-order valence-corrected chi connectivity index (χ2v) is 7.98. The standard InChI is InChI=1S/C16H15N3OS3/c1-11-10-22-16(18-11)23-13-6-4-12(5-7-13)19-15(20)17-9-14-3-2-8-21-14/h2-8,10H,9H2,1H3,(H2,17,19,20). The molecule has 3 rings (SSSR count). The molecule has 23 heavy (non-hydrogen) atoms. The molecule has 2 aromatic heterocycles. The van der Waals surface area contributed by atoms with Gasteiger partial charge in [0.2, 0.25) is 0 Å². The number of anilines is 1. The number of aromatic nitrogens is 1. The van der Waals surface area contributed by atoms with Crippen molar-refractivity contribution in [2.45, 2.75) is 22.7 Å². The van der Waals surface area contributed by atoms with Gasteiger partial charge < -0.3 is 10.6 Å². The van der Waals surface area contributed by atoms with E-state index in [9.17, 15) is 4.79 Å². The van der Waals surface area contributed by atoms with E-state index in [1.807, 2.05) is 54.1 Å². The Morgan fingerprint density at radius 2 is 2.04 bits per heavy atom. The zero-order valence-corrected chi connectivity index (χ0v) is 14.9. The van der Waals surface area contributed by atoms with Gasteiger partial charge in [0.15, 0.2) is 4.34 Å². The van der Waals surface area contributed by atoms with Gasteiger partial charge in [0.1, 0.15) is 0 Å². The zero-order chi connectivity index (χ0) is 16.1. The first-order valence-electron chi connectivity index (χ1n) is 6.96. The predicted molar refractivity (Wildman–Crippen MR) is 97.6 cm³/mol. The van der Waals surface area contributed by atoms with E-state index in [-0.39, 0.29) is 6.03 Å². The Morgan fingerprint density at radius 1 is 1.22 bits per heavy atom. The summed E-state index contributed by atoms with van der Waals surface area (Å²) in [6, 6.07) is 11.5. The van der Waals surface area contributed by atoms with Crippen LogP contribution < -0.4 is 10.6 Å². The molecular weight excluding hydrogens is 346 g/mol. The molecule has 0 fully saturated rings. The molecule has 0 aliphatic heterocycles. The molecule has 0 saturated carbocycles. The van der Waals surface area contributed by atoms with Crippen LogP contribution in [0, 0.1) is 6.92 Å². The SMILES string of the molecule is Cc1csc(Sc2ccc(NC(=O)NCc3cccs3)cc2)n1. The molecule has 1 aromatic carbocycles. The molecule has 2 amide bonds. The molecule has 2 N–H and O–H groups in total. The number of carbonyl (C=O) groups excluding carboxylic acids is 1. The van der Waals surface area contributed by atoms with Crippen molar-refractivity contribution < 1.29 is 4.79 Å². The average Bonchev–Trinajstić information content (AvgIpc) is 3.19. The van der Waals surface area contributed by atoms with Gasteiger partial charge in [0.05, 0.1) is 6.54 Å². The van der Waals surface area contributed by atoms with Gasteiger partial charge in [-0.1, -0.05) is 17.8 Å². The third-order valence-corrected chi connectivity index (χ3v) is 5.86. The molecule has 118 valence electrons. The minimum atomic E-state index is -0.200. The summed E-state index contributed by atoms with van der Waals surface area (Å²) in [6.07, 6.45) is 0. The summed E-state index contributed by atoms with van der Waals surface area (Å²) in [5.74, 6) is 0. The molecule has 3 aromatic rings. The van der Waals surface area contributed by atoms with Gasteiger partial charge in [-0.25, -0.2) is 9.78 Å². The van der Waals surface area contributed by atoms with E-state index in [4.69, 9.17) is 0 Å². The molecule has 0 saturated heterocycles. The van der Waals surface area contributed by atoms with Crippen molar-refractivity contribution in [3.8, 4) is 0 Å². The monoisotopic (exact) mass is 361 g/mol. The van der Waals surface area contributed by atoms with Gasteiger partial charge >= 0.3 is 6.03 Å². The van der Waals surface area contributed by atoms with Crippen LogP contribution >= 0.6 is 34.4 Å². The minimum absolute atomic E-state index is 0.200. The van der Waals surface area contributed by atoms with Crippen LogP contribution in [0.15, 0.2) is 56.4 Å². The quantitative estimate of drug-likeness (QED) is 0.673. The summed E-state index contributed by atoms with van der Waals surface area (Å²) < 4.78 is 1.02. The lowest BCUT2D eigenvalue weighted by Gasteiger charge is -2.07. The highest BCUT2D eigenvalue weighted by atomic mass is 32.2. The molecule has 0 bridgehead atoms. The predicted octanol–water partition coefficient (Wildman–Crippen LogP) is 4.99. The number of urea groups is 1. The minimum Gasteiger partial charge on any atom is -0.333 e. The Bertz CT molecular complexity index is 766. The highest BCUT2D eigenvalue weighted by molar-refractivity contribution is 8.01. The molecular formula is C16H15N3OS3. The van der Waals surface area contributed by atoms with Crippen molar-refractivity contribution in [3.63, 3.8) is 0 Å². The van der Waals surface area contributed by atoms with E-state index in [0.29, 0.717) is 6.54 Å². The first kappa shape index (κ1) is 16.0. The summed E-state index contributed by atoms with van der Waals surface area (Å²) >= 11 is 4.89. The maximum absolute atomic E-state index is 11.9. The fraction of sp³-hybridized carbons (Fsp3) is 0.125. The van der Waals surface area contributed by atoms with Crippen molar-refractivity contribution in [3.05, 3.63) is 57.7 Å². The highest BCUT2D eigenvalue weighted by Crippen LogP contribution is 2.30. The molecule has 0 atom stereocenters. The van der Waals surface area contributed by atoms with Crippen molar-refractivity contribution in [1.82, 2.24) is 10.3 Å². The largest absolute Gasteiger partial charge is 0.333 e. The molecule has 0 aliphatic rings. The number of hydrogen-bond acceptors (Lipinski definition) is 5. The third-order valence-electron chi connectivity index (χ3n) is 2.92. The normalized spacial score (nSPS) is 10.5. The number of aryl methyl sites for hydroxylation is 1. The molecule has 2 heterocycles. The van der Waals surface area contributed by atoms with Crippen molar-refractivity contribution in [2.75, 3.05) is 5.32 Å². The Balaban J connectivity index is 1.51. The molecule has 0 unspecified atom stereocenters. The van der Waals surface area contributed by atoms with Crippen molar-refractivity contribution in [2.24, 2.45) is 0 Å². The number of amides is 2. The number of rotatable bonds is 5. The van der Waals surface area contributed by atoms with Crippen LogP contribution in [0.25, 0.3) is 0 Å². The van der Waals surface area contributed by atoms with Crippen LogP contribution in [0.3, 0.4) is 0 Å². The number of thiazole rings is 1. The molecule has 7 heteroatoms. The first-order chi connectivity index (χ1) is 11.2. The number of thiophene rings is 1. The van der Waals surface area contributed by atoms with E-state index in [1.165, 1.54) is 0 Å². The second kappa shape index (κ2) is 7.63. The number of carbonyl (C=O) groups is 1. The smallest absolute Gasteiger partial charge is 0.319 e. The van der Waals surface area contributed by atoms with Gasteiger partial charge in [-0.2, -0.15) is 0 Å². The highest BCUT2D eigenvalue weighted by Gasteiger charge is 2.04. The summed E-state index contributed by atoms with van der Waals surface area (Å²) in [4.78, 5) is 18.5. The molecule has 0 spiro atoms. The Kier molecular flexibility index (Phi) is 5.32. The Labute approximate surface area is 147 Å². The van der Waals surface area contributed by atoms with E-state index in [2.05, 4.69) is 15.6 Å². The number of nitrogens with zero attached hydrogens (tertiary/aromatic N) is 1. The van der Waals surface area contributed by atoms with Crippen LogP contribution in [-0.2, 0) is 6.54 Å². The van der Waals surface area contributed by atoms with E-state index in [0.717, 1.165) is 25.5 Å². The van der Waals surface area contributed by atoms with Gasteiger partial charge in [-0.05, 0) is 42.6 Å². The van der Waals surface area contributed by atoms with Crippen LogP contribution in [0.1, 0.15) is 10.6 Å². The lowest BCUT2D eigenvalue weighted by Crippen LogP contribution is -2.27. The topological polar surface area (TPSA) is 54.0 Å². The maximum atomic E-state index is 11.9. The third kappa shape index (κ3) is 4.82. The molecule has 0 aliphatic carbocycles. The summed E-state index contributed by atoms with van der Waals surface area (Å²) in [6.45, 7) is 2.53. The van der Waals surface area contributed by atoms with Crippen molar-refractivity contribution in [1.29, 1.82) is 0 Å². The van der Waals surface area contributed by atoms with E-state index >= 15 is 0 Å². The second-order valence-electron chi connectivity index (χ2n) is 4.77. The van der Waals surface area contributed by atoms with Crippen LogP contribution in [0.2, 0.25) is 0 Å². The Morgan fingerprint density at radius 3 is 2.70 bits per heavy atom. The fourth-order valence-corrected chi connectivity index (χ4v) is 4.30. The van der Waals surface area contributed by atoms with E-state index < -0.39 is 0 Å². The lowest BCUT2D eigenvalue weighted by molar-refractivity contribution is 0.252. The number of hydrogen-bond donors (Lipinski definition) is 2. The van der Waals surface area contributed by atoms with Gasteiger partial charge in [-0.3, -0.25) is 0 Å². The van der Waals surface area contributed by atoms with Gasteiger partial charge in [0.25, 0.3) is 0 Å². The van der Waals surface area contributed by atoms with Crippen LogP contribution in [0.4, 0.5) is 10.5 Å². The van der Waals surface area contributed by atoms with Gasteiger partial charge in [-0.15, -0.1) is 22.7 Å². The van der Waals surface area contributed by atoms with E-state index in [1.54, 1.807) is 34.4 Å². The maximum Gasteiger partial charge on any atom is 0.319 e. The molecule has 4 nitrogen and oxygen atoms in total. The summed E-state index contributed by atoms with van der Waals surface area (Å²) in [5.41, 5.74) is 1.81. The average molecular weight is 362 g/mol. The summed E-state index contributed by atoms with van der Waals surface area (Å²) in [7, 11) is 0. The summed E-state index contributed by atoms with van der Waals surface area (Å²) in [5, 5.41) is 9.70. The van der Waals surface area contributed by atoms with Gasteiger partial charge in [0, 0.05) is 26.5 Å². The Hall–Kier alpha value is -1.83. The van der Waals surface area contributed by atoms with Crippen LogP contribution in [0.5, 0.6) is 0 Å². The number of nitrogens with one attached hydrogen (secondary N) is 2. The molecule has 0 radical (unpaired) electrons. The van der Waals surface area contributed by atoms with Crippen molar-refractivity contribution >= 4 is 46.2 Å². The number of benzene rings is 1.